The molecular weight excluding hydrogens is 451 g/mol. The first-order chi connectivity index (χ1) is 16.0. The summed E-state index contributed by atoms with van der Waals surface area (Å²) in [7, 11) is 1.48. The van der Waals surface area contributed by atoms with Crippen molar-refractivity contribution >= 4 is 27.9 Å². The van der Waals surface area contributed by atoms with Crippen LogP contribution in [0.15, 0.2) is 47.3 Å². The fourth-order valence-electron chi connectivity index (χ4n) is 3.98. The number of non-ortho nitro benzene ring substituents is 1. The first-order valence-electron chi connectivity index (χ1n) is 10.6. The van der Waals surface area contributed by atoms with Gasteiger partial charge >= 0.3 is 6.18 Å². The molecule has 2 aromatic carbocycles. The van der Waals surface area contributed by atoms with Gasteiger partial charge in [-0.2, -0.15) is 18.3 Å². The lowest BCUT2D eigenvalue weighted by atomic mass is 9.97. The summed E-state index contributed by atoms with van der Waals surface area (Å²) in [6.45, 7) is 3.14. The molecule has 4 rings (SSSR count). The molecule has 0 fully saturated rings. The van der Waals surface area contributed by atoms with Crippen LogP contribution < -0.4 is 16.2 Å². The van der Waals surface area contributed by atoms with E-state index in [-0.39, 0.29) is 11.1 Å². The summed E-state index contributed by atoms with van der Waals surface area (Å²) >= 11 is 0. The molecule has 34 heavy (non-hydrogen) atoms. The molecule has 0 radical (unpaired) electrons. The van der Waals surface area contributed by atoms with E-state index in [4.69, 9.17) is 0 Å². The van der Waals surface area contributed by atoms with Crippen molar-refractivity contribution in [1.29, 1.82) is 0 Å². The van der Waals surface area contributed by atoms with Crippen LogP contribution in [-0.2, 0) is 13.2 Å². The average Bonchev–Trinajstić information content (AvgIpc) is 2.81. The maximum absolute atomic E-state index is 13.3. The van der Waals surface area contributed by atoms with E-state index in [0.717, 1.165) is 47.5 Å². The van der Waals surface area contributed by atoms with Crippen molar-refractivity contribution in [3.63, 3.8) is 0 Å². The molecule has 0 aliphatic carbocycles. The topological polar surface area (TPSA) is 102 Å². The number of nitro benzene ring substituents is 1. The van der Waals surface area contributed by atoms with Gasteiger partial charge < -0.3 is 10.6 Å². The molecule has 2 N–H and O–H groups in total. The van der Waals surface area contributed by atoms with Crippen molar-refractivity contribution in [2.24, 2.45) is 7.05 Å². The Balaban J connectivity index is 1.79. The molecule has 1 aromatic heterocycles. The number of hydrogen-bond acceptors (Lipinski definition) is 6. The smallest absolute Gasteiger partial charge is 0.362 e. The zero-order valence-electron chi connectivity index (χ0n) is 18.4. The predicted molar refractivity (Wildman–Crippen MR) is 123 cm³/mol. The first-order valence-corrected chi connectivity index (χ1v) is 10.6. The summed E-state index contributed by atoms with van der Waals surface area (Å²) in [5, 5.41) is 22.7. The molecule has 0 bridgehead atoms. The fourth-order valence-corrected chi connectivity index (χ4v) is 3.98. The molecule has 0 saturated carbocycles. The highest BCUT2D eigenvalue weighted by Crippen LogP contribution is 2.35. The summed E-state index contributed by atoms with van der Waals surface area (Å²) in [5.41, 5.74) is 0.0419. The Morgan fingerprint density at radius 1 is 1.21 bits per heavy atom. The molecule has 8 nitrogen and oxygen atoms in total. The van der Waals surface area contributed by atoms with Crippen molar-refractivity contribution in [2.45, 2.75) is 25.6 Å². The van der Waals surface area contributed by atoms with Gasteiger partial charge in [-0.25, -0.2) is 4.68 Å². The molecule has 178 valence electrons. The second-order valence-corrected chi connectivity index (χ2v) is 8.16. The third kappa shape index (κ3) is 4.65. The Bertz CT molecular complexity index is 1360. The number of anilines is 1. The van der Waals surface area contributed by atoms with E-state index in [2.05, 4.69) is 21.8 Å². The molecule has 1 aliphatic rings. The average molecular weight is 473 g/mol. The van der Waals surface area contributed by atoms with Gasteiger partial charge in [0.25, 0.3) is 11.2 Å². The normalized spacial score (nSPS) is 15.1. The van der Waals surface area contributed by atoms with Crippen LogP contribution in [0.4, 0.5) is 24.7 Å². The number of benzene rings is 2. The second kappa shape index (κ2) is 8.90. The Morgan fingerprint density at radius 3 is 2.62 bits per heavy atom. The highest BCUT2D eigenvalue weighted by atomic mass is 19.4. The molecule has 2 heterocycles. The lowest BCUT2D eigenvalue weighted by molar-refractivity contribution is -0.385. The lowest BCUT2D eigenvalue weighted by Gasteiger charge is -2.19. The van der Waals surface area contributed by atoms with E-state index in [1.54, 1.807) is 13.0 Å². The van der Waals surface area contributed by atoms with Crippen LogP contribution in [0.5, 0.6) is 0 Å². The molecule has 0 amide bonds. The number of halogens is 3. The largest absolute Gasteiger partial charge is 0.416 e. The minimum atomic E-state index is -4.74. The quantitative estimate of drug-likeness (QED) is 0.421. The number of alkyl halides is 3. The molecule has 1 aliphatic heterocycles. The summed E-state index contributed by atoms with van der Waals surface area (Å²) in [6, 6.07) is 7.13. The Hall–Kier alpha value is -3.73. The zero-order chi connectivity index (χ0) is 24.6. The van der Waals surface area contributed by atoms with E-state index < -0.39 is 28.4 Å². The molecular formula is C23H22F3N5O3. The van der Waals surface area contributed by atoms with Gasteiger partial charge in [0.2, 0.25) is 0 Å². The number of nitrogens with one attached hydrogen (secondary N) is 2. The maximum Gasteiger partial charge on any atom is 0.416 e. The molecule has 0 saturated heterocycles. The summed E-state index contributed by atoms with van der Waals surface area (Å²) in [4.78, 5) is 23.0. The number of hydrogen-bond donors (Lipinski definition) is 2. The van der Waals surface area contributed by atoms with Crippen LogP contribution in [0.2, 0.25) is 0 Å². The fraction of sp³-hybridized carbons (Fsp3) is 0.304. The zero-order valence-corrected chi connectivity index (χ0v) is 18.4. The van der Waals surface area contributed by atoms with Crippen LogP contribution in [0.3, 0.4) is 0 Å². The molecule has 3 aromatic rings. The minimum Gasteiger partial charge on any atom is -0.362 e. The van der Waals surface area contributed by atoms with Crippen molar-refractivity contribution < 1.29 is 18.1 Å². The third-order valence-corrected chi connectivity index (χ3v) is 5.82. The van der Waals surface area contributed by atoms with Crippen LogP contribution in [0.1, 0.15) is 36.1 Å². The number of nitro groups is 1. The molecule has 0 unspecified atom stereocenters. The number of aryl methyl sites for hydroxylation is 1. The van der Waals surface area contributed by atoms with Gasteiger partial charge in [-0.1, -0.05) is 12.1 Å². The second-order valence-electron chi connectivity index (χ2n) is 8.16. The van der Waals surface area contributed by atoms with Crippen LogP contribution in [0.25, 0.3) is 16.3 Å². The van der Waals surface area contributed by atoms with E-state index in [0.29, 0.717) is 22.7 Å². The van der Waals surface area contributed by atoms with Crippen molar-refractivity contribution in [2.75, 3.05) is 18.4 Å². The van der Waals surface area contributed by atoms with Gasteiger partial charge in [-0.05, 0) is 54.8 Å². The summed E-state index contributed by atoms with van der Waals surface area (Å²) in [5.74, 6) is 0.293. The predicted octanol–water partition coefficient (Wildman–Crippen LogP) is 4.41. The van der Waals surface area contributed by atoms with Gasteiger partial charge in [0, 0.05) is 31.1 Å². The Morgan fingerprint density at radius 2 is 1.97 bits per heavy atom. The van der Waals surface area contributed by atoms with E-state index in [1.165, 1.54) is 7.05 Å². The first kappa shape index (κ1) is 23.4. The number of fused-ring (bicyclic) bond motifs is 1. The van der Waals surface area contributed by atoms with Crippen LogP contribution in [0, 0.1) is 10.1 Å². The highest BCUT2D eigenvalue weighted by molar-refractivity contribution is 5.93. The molecule has 0 spiro atoms. The SMILES string of the molecule is C[C@@H](Nc1nn(C)c(=O)c2ccc(C3=CCNCC3)cc12)c1cc([N+](=O)[O-])cc(C(F)(F)F)c1. The standard InChI is InChI=1S/C23H22F3N5O3/c1-13(16-9-17(23(24,25)26)12-18(10-16)31(33)34)28-21-20-11-15(14-5-7-27-8-6-14)3-4-19(20)22(32)30(2)29-21/h3-5,9-13,27H,6-8H2,1-2H3,(H,28,29)/t13-/m1/s1. The number of rotatable bonds is 5. The van der Waals surface area contributed by atoms with Crippen molar-refractivity contribution in [1.82, 2.24) is 15.1 Å². The van der Waals surface area contributed by atoms with Gasteiger partial charge in [0.15, 0.2) is 5.82 Å². The van der Waals surface area contributed by atoms with E-state index in [9.17, 15) is 28.1 Å². The van der Waals surface area contributed by atoms with Crippen LogP contribution in [-0.4, -0.2) is 27.8 Å². The maximum atomic E-state index is 13.3. The molecule has 1 atom stereocenters. The molecule has 11 heteroatoms. The minimum absolute atomic E-state index is 0.0718. The summed E-state index contributed by atoms with van der Waals surface area (Å²) < 4.78 is 41.1. The van der Waals surface area contributed by atoms with Gasteiger partial charge in [-0.3, -0.25) is 14.9 Å². The Kier molecular flexibility index (Phi) is 6.13. The van der Waals surface area contributed by atoms with Gasteiger partial charge in [0.1, 0.15) is 0 Å². The van der Waals surface area contributed by atoms with Gasteiger partial charge in [-0.15, -0.1) is 0 Å². The van der Waals surface area contributed by atoms with Crippen molar-refractivity contribution in [3.05, 3.63) is 79.6 Å². The van der Waals surface area contributed by atoms with Gasteiger partial charge in [0.05, 0.1) is 21.9 Å². The number of aromatic nitrogens is 2. The third-order valence-electron chi connectivity index (χ3n) is 5.82. The number of nitrogens with zero attached hydrogens (tertiary/aromatic N) is 3. The van der Waals surface area contributed by atoms with Crippen LogP contribution >= 0.6 is 0 Å². The van der Waals surface area contributed by atoms with E-state index >= 15 is 0 Å². The lowest BCUT2D eigenvalue weighted by Crippen LogP contribution is -2.23. The van der Waals surface area contributed by atoms with E-state index in [1.807, 2.05) is 12.1 Å². The Labute approximate surface area is 192 Å². The monoisotopic (exact) mass is 473 g/mol. The highest BCUT2D eigenvalue weighted by Gasteiger charge is 2.33. The summed E-state index contributed by atoms with van der Waals surface area (Å²) in [6.07, 6.45) is -1.85. The van der Waals surface area contributed by atoms with Crippen molar-refractivity contribution in [3.8, 4) is 0 Å².